The van der Waals surface area contributed by atoms with Crippen LogP contribution in [0.2, 0.25) is 0 Å². The number of hydrogen-bond donors (Lipinski definition) is 2. The van der Waals surface area contributed by atoms with Gasteiger partial charge in [-0.25, -0.2) is 0 Å². The quantitative estimate of drug-likeness (QED) is 0.723. The molecule has 0 aromatic rings. The van der Waals surface area contributed by atoms with Gasteiger partial charge in [-0.2, -0.15) is 0 Å². The summed E-state index contributed by atoms with van der Waals surface area (Å²) in [6.45, 7) is 6.64. The van der Waals surface area contributed by atoms with Crippen molar-refractivity contribution in [3.05, 3.63) is 0 Å². The summed E-state index contributed by atoms with van der Waals surface area (Å²) in [5, 5.41) is 14.7. The number of carbonyl (C=O) groups is 2. The maximum atomic E-state index is 12.8. The van der Waals surface area contributed by atoms with Gasteiger partial charge in [0.05, 0.1) is 19.1 Å². The molecule has 5 nitrogen and oxygen atoms in total. The second-order valence-corrected chi connectivity index (χ2v) is 8.14. The largest absolute Gasteiger partial charge is 0.550 e. The van der Waals surface area contributed by atoms with E-state index < -0.39 is 11.9 Å². The smallest absolute Gasteiger partial charge is 0.224 e. The van der Waals surface area contributed by atoms with Gasteiger partial charge in [0, 0.05) is 36.7 Å². The van der Waals surface area contributed by atoms with Crippen molar-refractivity contribution in [2.75, 3.05) is 13.1 Å². The summed E-state index contributed by atoms with van der Waals surface area (Å²) in [7, 11) is 0. The van der Waals surface area contributed by atoms with Crippen LogP contribution in [-0.4, -0.2) is 37.0 Å². The Bertz CT molecular complexity index is 449. The van der Waals surface area contributed by atoms with Crippen LogP contribution in [0.1, 0.15) is 52.4 Å². The molecule has 2 bridgehead atoms. The molecule has 0 unspecified atom stereocenters. The second kappa shape index (κ2) is 6.80. The lowest BCUT2D eigenvalue weighted by Crippen LogP contribution is -3.16. The van der Waals surface area contributed by atoms with E-state index in [1.165, 1.54) is 0 Å². The number of amides is 1. The van der Waals surface area contributed by atoms with Gasteiger partial charge in [-0.15, -0.1) is 0 Å². The molecule has 5 heteroatoms. The minimum atomic E-state index is -1.02. The lowest BCUT2D eigenvalue weighted by atomic mass is 9.58. The predicted octanol–water partition coefficient (Wildman–Crippen LogP) is -0.639. The molecule has 2 N–H and O–H groups in total. The van der Waals surface area contributed by atoms with E-state index >= 15 is 0 Å². The zero-order valence-electron chi connectivity index (χ0n) is 14.3. The standard InChI is InChI=1S/C18H30N2O3/c1-11(2)20-9-7-14(8-10-20)19-17(21)15-12-3-5-13(6-4-12)16(15)18(22)23/h11-16H,3-10H2,1-2H3,(H,19,21)(H,22,23)/t12?,13?,15-,16-/m1/s1. The van der Waals surface area contributed by atoms with Crippen molar-refractivity contribution in [2.45, 2.75) is 64.5 Å². The lowest BCUT2D eigenvalue weighted by molar-refractivity contribution is -0.926. The Morgan fingerprint density at radius 2 is 1.48 bits per heavy atom. The fourth-order valence-electron chi connectivity index (χ4n) is 5.17. The van der Waals surface area contributed by atoms with Crippen LogP contribution in [0.25, 0.3) is 0 Å². The molecule has 3 aliphatic carbocycles. The van der Waals surface area contributed by atoms with Gasteiger partial charge in [0.25, 0.3) is 0 Å². The van der Waals surface area contributed by atoms with Crippen LogP contribution in [-0.2, 0) is 9.59 Å². The molecule has 1 aliphatic heterocycles. The zero-order valence-corrected chi connectivity index (χ0v) is 14.3. The van der Waals surface area contributed by atoms with Crippen molar-refractivity contribution in [3.8, 4) is 0 Å². The maximum absolute atomic E-state index is 12.8. The molecule has 2 atom stereocenters. The van der Waals surface area contributed by atoms with Crippen LogP contribution in [0.3, 0.4) is 0 Å². The number of rotatable bonds is 4. The molecule has 130 valence electrons. The predicted molar refractivity (Wildman–Crippen MR) is 84.4 cm³/mol. The van der Waals surface area contributed by atoms with E-state index in [0.29, 0.717) is 6.04 Å². The number of fused-ring (bicyclic) bond motifs is 3. The Labute approximate surface area is 138 Å². The summed E-state index contributed by atoms with van der Waals surface area (Å²) >= 11 is 0. The van der Waals surface area contributed by atoms with E-state index in [1.54, 1.807) is 4.90 Å². The number of carbonyl (C=O) groups excluding carboxylic acids is 2. The molecule has 0 aromatic heterocycles. The highest BCUT2D eigenvalue weighted by Crippen LogP contribution is 2.48. The van der Waals surface area contributed by atoms with Crippen molar-refractivity contribution in [1.29, 1.82) is 0 Å². The van der Waals surface area contributed by atoms with Crippen LogP contribution in [0.15, 0.2) is 0 Å². The summed E-state index contributed by atoms with van der Waals surface area (Å²) in [5.74, 6) is -1.57. The molecule has 3 saturated carbocycles. The summed E-state index contributed by atoms with van der Waals surface area (Å²) in [6, 6.07) is 0.844. The van der Waals surface area contributed by atoms with E-state index in [1.807, 2.05) is 0 Å². The minimum Gasteiger partial charge on any atom is -0.550 e. The molecular formula is C18H30N2O3. The van der Waals surface area contributed by atoms with Gasteiger partial charge in [-0.3, -0.25) is 4.79 Å². The van der Waals surface area contributed by atoms with Crippen molar-refractivity contribution < 1.29 is 19.6 Å². The number of hydrogen-bond acceptors (Lipinski definition) is 3. The van der Waals surface area contributed by atoms with E-state index in [4.69, 9.17) is 0 Å². The van der Waals surface area contributed by atoms with Gasteiger partial charge in [0.1, 0.15) is 0 Å². The van der Waals surface area contributed by atoms with Crippen molar-refractivity contribution in [1.82, 2.24) is 5.32 Å². The molecule has 4 rings (SSSR count). The highest BCUT2D eigenvalue weighted by Gasteiger charge is 2.47. The number of carboxylic acid groups (broad SMARTS) is 1. The Hall–Kier alpha value is -1.10. The fraction of sp³-hybridized carbons (Fsp3) is 0.889. The molecule has 23 heavy (non-hydrogen) atoms. The third-order valence-electron chi connectivity index (χ3n) is 6.58. The van der Waals surface area contributed by atoms with E-state index in [2.05, 4.69) is 19.2 Å². The highest BCUT2D eigenvalue weighted by molar-refractivity contribution is 5.85. The number of quaternary nitrogens is 1. The average Bonchev–Trinajstić information content (AvgIpc) is 2.55. The molecule has 0 aromatic carbocycles. The highest BCUT2D eigenvalue weighted by atomic mass is 16.4. The SMILES string of the molecule is CC(C)[NH+]1CCC(NC(=O)[C@@H]2C3CCC(CC3)[C@H]2C(=O)[O-])CC1. The Morgan fingerprint density at radius 1 is 0.957 bits per heavy atom. The van der Waals surface area contributed by atoms with Gasteiger partial charge in [0.15, 0.2) is 0 Å². The van der Waals surface area contributed by atoms with E-state index in [9.17, 15) is 14.7 Å². The number of likely N-dealkylation sites (tertiary alicyclic amines) is 1. The van der Waals surface area contributed by atoms with Crippen LogP contribution in [0.4, 0.5) is 0 Å². The molecule has 4 fully saturated rings. The van der Waals surface area contributed by atoms with Gasteiger partial charge < -0.3 is 20.1 Å². The molecule has 1 amide bonds. The van der Waals surface area contributed by atoms with Crippen LogP contribution >= 0.6 is 0 Å². The van der Waals surface area contributed by atoms with Crippen molar-refractivity contribution >= 4 is 11.9 Å². The van der Waals surface area contributed by atoms with Crippen molar-refractivity contribution in [2.24, 2.45) is 23.7 Å². The summed E-state index contributed by atoms with van der Waals surface area (Å²) in [4.78, 5) is 25.9. The summed E-state index contributed by atoms with van der Waals surface area (Å²) < 4.78 is 0. The first-order valence-electron chi connectivity index (χ1n) is 9.33. The van der Waals surface area contributed by atoms with Gasteiger partial charge in [-0.05, 0) is 51.4 Å². The second-order valence-electron chi connectivity index (χ2n) is 8.14. The fourth-order valence-corrected chi connectivity index (χ4v) is 5.17. The lowest BCUT2D eigenvalue weighted by Gasteiger charge is -2.48. The number of carboxylic acids is 1. The molecule has 4 aliphatic rings. The zero-order chi connectivity index (χ0) is 16.6. The van der Waals surface area contributed by atoms with Crippen LogP contribution in [0.5, 0.6) is 0 Å². The average molecular weight is 322 g/mol. The number of aliphatic carboxylic acids is 1. The Morgan fingerprint density at radius 3 is 1.96 bits per heavy atom. The van der Waals surface area contributed by atoms with Crippen LogP contribution < -0.4 is 15.3 Å². The number of piperidine rings is 1. The molecule has 1 saturated heterocycles. The van der Waals surface area contributed by atoms with Gasteiger partial charge >= 0.3 is 0 Å². The third kappa shape index (κ3) is 3.39. The minimum absolute atomic E-state index is 0.0217. The molecule has 0 radical (unpaired) electrons. The summed E-state index contributed by atoms with van der Waals surface area (Å²) in [6.07, 6.45) is 5.89. The molecule has 0 spiro atoms. The van der Waals surface area contributed by atoms with E-state index in [0.717, 1.165) is 51.6 Å². The molecular weight excluding hydrogens is 292 g/mol. The first-order valence-corrected chi connectivity index (χ1v) is 9.33. The maximum Gasteiger partial charge on any atom is 0.224 e. The monoisotopic (exact) mass is 322 g/mol. The van der Waals surface area contributed by atoms with Crippen molar-refractivity contribution in [3.63, 3.8) is 0 Å². The molecule has 1 heterocycles. The summed E-state index contributed by atoms with van der Waals surface area (Å²) in [5.41, 5.74) is 0. The topological polar surface area (TPSA) is 73.7 Å². The van der Waals surface area contributed by atoms with Gasteiger partial charge in [-0.1, -0.05) is 0 Å². The first kappa shape index (κ1) is 16.7. The Kier molecular flexibility index (Phi) is 4.95. The third-order valence-corrected chi connectivity index (χ3v) is 6.58. The normalized spacial score (nSPS) is 40.1. The number of nitrogens with one attached hydrogen (secondary N) is 2. The van der Waals surface area contributed by atoms with Crippen LogP contribution in [0, 0.1) is 23.7 Å². The first-order chi connectivity index (χ1) is 11.0. The Balaban J connectivity index is 1.60. The van der Waals surface area contributed by atoms with E-state index in [-0.39, 0.29) is 29.7 Å². The van der Waals surface area contributed by atoms with Gasteiger partial charge in [0.2, 0.25) is 5.91 Å².